The molecule has 5 heteroatoms. The van der Waals surface area contributed by atoms with Gasteiger partial charge in [0, 0.05) is 12.1 Å². The van der Waals surface area contributed by atoms with E-state index < -0.39 is 6.10 Å². The number of aromatic nitrogens is 2. The van der Waals surface area contributed by atoms with Crippen molar-refractivity contribution < 1.29 is 5.11 Å². The molecule has 0 bridgehead atoms. The van der Waals surface area contributed by atoms with Crippen LogP contribution in [0.5, 0.6) is 0 Å². The second-order valence-corrected chi connectivity index (χ2v) is 5.83. The molecule has 1 aromatic heterocycles. The molecule has 2 unspecified atom stereocenters. The quantitative estimate of drug-likeness (QED) is 0.834. The molecular weight excluding hydrogens is 306 g/mol. The zero-order valence-electron chi connectivity index (χ0n) is 12.6. The van der Waals surface area contributed by atoms with Crippen LogP contribution in [0.25, 0.3) is 0 Å². The first-order valence-electron chi connectivity index (χ1n) is 7.10. The van der Waals surface area contributed by atoms with Crippen LogP contribution in [0.1, 0.15) is 52.8 Å². The van der Waals surface area contributed by atoms with Crippen LogP contribution < -0.4 is 0 Å². The van der Waals surface area contributed by atoms with Gasteiger partial charge in [-0.15, -0.1) is 0 Å². The Labute approximate surface area is 124 Å². The SMILES string of the molecule is CCN(CC)C(C)(CC)C(O)c1c(Br)cnn1CC. The fourth-order valence-corrected chi connectivity index (χ4v) is 3.24. The van der Waals surface area contributed by atoms with Gasteiger partial charge in [0.25, 0.3) is 0 Å². The highest BCUT2D eigenvalue weighted by Crippen LogP contribution is 2.37. The van der Waals surface area contributed by atoms with Crippen molar-refractivity contribution in [2.45, 2.75) is 59.2 Å². The number of likely N-dealkylation sites (N-methyl/N-ethyl adjacent to an activating group) is 1. The summed E-state index contributed by atoms with van der Waals surface area (Å²) >= 11 is 3.51. The van der Waals surface area contributed by atoms with Gasteiger partial charge in [-0.1, -0.05) is 20.8 Å². The summed E-state index contributed by atoms with van der Waals surface area (Å²) in [6.07, 6.45) is 2.09. The van der Waals surface area contributed by atoms with Gasteiger partial charge in [0.2, 0.25) is 0 Å². The second kappa shape index (κ2) is 6.86. The van der Waals surface area contributed by atoms with Gasteiger partial charge in [-0.25, -0.2) is 0 Å². The molecule has 1 aromatic rings. The normalized spacial score (nSPS) is 16.6. The molecule has 0 radical (unpaired) electrons. The molecule has 1 N–H and O–H groups in total. The van der Waals surface area contributed by atoms with E-state index in [-0.39, 0.29) is 5.54 Å². The van der Waals surface area contributed by atoms with Crippen LogP contribution in [-0.2, 0) is 6.54 Å². The predicted molar refractivity (Wildman–Crippen MR) is 82.2 cm³/mol. The molecule has 0 aliphatic rings. The Kier molecular flexibility index (Phi) is 6.02. The molecule has 1 heterocycles. The summed E-state index contributed by atoms with van der Waals surface area (Å²) in [5.74, 6) is 0. The maximum atomic E-state index is 10.9. The van der Waals surface area contributed by atoms with Gasteiger partial charge in [-0.3, -0.25) is 9.58 Å². The third-order valence-corrected chi connectivity index (χ3v) is 4.79. The number of hydrogen-bond donors (Lipinski definition) is 1. The summed E-state index contributed by atoms with van der Waals surface area (Å²) in [5, 5.41) is 15.2. The summed E-state index contributed by atoms with van der Waals surface area (Å²) in [6, 6.07) is 0. The van der Waals surface area contributed by atoms with E-state index >= 15 is 0 Å². The number of halogens is 1. The fraction of sp³-hybridized carbons (Fsp3) is 0.786. The van der Waals surface area contributed by atoms with Gasteiger partial charge < -0.3 is 5.11 Å². The minimum absolute atomic E-state index is 0.279. The van der Waals surface area contributed by atoms with Crippen LogP contribution in [0, 0.1) is 0 Å². The molecule has 0 saturated carbocycles. The molecule has 110 valence electrons. The van der Waals surface area contributed by atoms with Crippen LogP contribution in [-0.4, -0.2) is 38.4 Å². The topological polar surface area (TPSA) is 41.3 Å². The number of rotatable bonds is 7. The highest BCUT2D eigenvalue weighted by molar-refractivity contribution is 9.10. The van der Waals surface area contributed by atoms with Crippen LogP contribution in [0.15, 0.2) is 10.7 Å². The molecule has 0 fully saturated rings. The zero-order valence-corrected chi connectivity index (χ0v) is 14.2. The second-order valence-electron chi connectivity index (χ2n) is 4.98. The largest absolute Gasteiger partial charge is 0.385 e. The first kappa shape index (κ1) is 16.7. The van der Waals surface area contributed by atoms with E-state index in [4.69, 9.17) is 0 Å². The Bertz CT molecular complexity index is 403. The van der Waals surface area contributed by atoms with E-state index in [2.05, 4.69) is 53.6 Å². The Morgan fingerprint density at radius 3 is 2.37 bits per heavy atom. The molecular formula is C14H26BrN3O. The maximum absolute atomic E-state index is 10.9. The Balaban J connectivity index is 3.20. The van der Waals surface area contributed by atoms with Crippen LogP contribution in [0.3, 0.4) is 0 Å². The average Bonchev–Trinajstić information content (AvgIpc) is 2.79. The number of hydrogen-bond acceptors (Lipinski definition) is 3. The molecule has 19 heavy (non-hydrogen) atoms. The van der Waals surface area contributed by atoms with Crippen molar-refractivity contribution in [2.75, 3.05) is 13.1 Å². The van der Waals surface area contributed by atoms with Crippen molar-refractivity contribution in [3.05, 3.63) is 16.4 Å². The Morgan fingerprint density at radius 1 is 1.37 bits per heavy atom. The monoisotopic (exact) mass is 331 g/mol. The van der Waals surface area contributed by atoms with Crippen molar-refractivity contribution in [1.82, 2.24) is 14.7 Å². The highest BCUT2D eigenvalue weighted by Gasteiger charge is 2.39. The van der Waals surface area contributed by atoms with Crippen LogP contribution in [0.4, 0.5) is 0 Å². The highest BCUT2D eigenvalue weighted by atomic mass is 79.9. The lowest BCUT2D eigenvalue weighted by Crippen LogP contribution is -2.50. The standard InChI is InChI=1S/C14H26BrN3O/c1-6-14(5,17(7-2)8-3)13(19)12-11(15)10-16-18(12)9-4/h10,13,19H,6-9H2,1-5H3. The third-order valence-electron chi connectivity index (χ3n) is 4.18. The van der Waals surface area contributed by atoms with Gasteiger partial charge in [0.05, 0.1) is 16.4 Å². The maximum Gasteiger partial charge on any atom is 0.115 e. The number of nitrogens with zero attached hydrogens (tertiary/aromatic N) is 3. The number of aryl methyl sites for hydroxylation is 1. The van der Waals surface area contributed by atoms with E-state index in [1.165, 1.54) is 0 Å². The molecule has 0 aliphatic heterocycles. The minimum atomic E-state index is -0.561. The Hall–Kier alpha value is -0.390. The zero-order chi connectivity index (χ0) is 14.6. The van der Waals surface area contributed by atoms with Gasteiger partial charge in [0.1, 0.15) is 6.10 Å². The molecule has 0 amide bonds. The molecule has 0 spiro atoms. The minimum Gasteiger partial charge on any atom is -0.385 e. The van der Waals surface area contributed by atoms with Crippen molar-refractivity contribution in [3.8, 4) is 0 Å². The van der Waals surface area contributed by atoms with Crippen LogP contribution in [0.2, 0.25) is 0 Å². The molecule has 0 aromatic carbocycles. The van der Waals surface area contributed by atoms with Crippen molar-refractivity contribution >= 4 is 15.9 Å². The smallest absolute Gasteiger partial charge is 0.115 e. The molecule has 1 rings (SSSR count). The lowest BCUT2D eigenvalue weighted by Gasteiger charge is -2.43. The first-order chi connectivity index (χ1) is 8.96. The summed E-state index contributed by atoms with van der Waals surface area (Å²) < 4.78 is 2.75. The number of aliphatic hydroxyl groups excluding tert-OH is 1. The number of aliphatic hydroxyl groups is 1. The van der Waals surface area contributed by atoms with Gasteiger partial charge in [0.15, 0.2) is 0 Å². The first-order valence-corrected chi connectivity index (χ1v) is 7.89. The Morgan fingerprint density at radius 2 is 1.95 bits per heavy atom. The van der Waals surface area contributed by atoms with Crippen LogP contribution >= 0.6 is 15.9 Å². The lowest BCUT2D eigenvalue weighted by atomic mass is 9.87. The molecule has 4 nitrogen and oxygen atoms in total. The van der Waals surface area contributed by atoms with E-state index in [0.717, 1.165) is 36.2 Å². The van der Waals surface area contributed by atoms with Crippen molar-refractivity contribution in [3.63, 3.8) is 0 Å². The summed E-state index contributed by atoms with van der Waals surface area (Å²) in [4.78, 5) is 2.32. The van der Waals surface area contributed by atoms with Gasteiger partial charge in [-0.05, 0) is 49.3 Å². The lowest BCUT2D eigenvalue weighted by molar-refractivity contribution is -0.0262. The third kappa shape index (κ3) is 3.03. The molecule has 2 atom stereocenters. The van der Waals surface area contributed by atoms with E-state index in [1.54, 1.807) is 6.20 Å². The van der Waals surface area contributed by atoms with E-state index in [1.807, 2.05) is 11.6 Å². The summed E-state index contributed by atoms with van der Waals surface area (Å²) in [6.45, 7) is 13.2. The van der Waals surface area contributed by atoms with E-state index in [9.17, 15) is 5.11 Å². The van der Waals surface area contributed by atoms with Crippen molar-refractivity contribution in [1.29, 1.82) is 0 Å². The average molecular weight is 332 g/mol. The fourth-order valence-electron chi connectivity index (χ4n) is 2.73. The summed E-state index contributed by atoms with van der Waals surface area (Å²) in [7, 11) is 0. The van der Waals surface area contributed by atoms with Crippen molar-refractivity contribution in [2.24, 2.45) is 0 Å². The molecule has 0 aliphatic carbocycles. The predicted octanol–water partition coefficient (Wildman–Crippen LogP) is 3.21. The van der Waals surface area contributed by atoms with E-state index in [0.29, 0.717) is 0 Å². The van der Waals surface area contributed by atoms with Gasteiger partial charge >= 0.3 is 0 Å². The summed E-state index contributed by atoms with van der Waals surface area (Å²) in [5.41, 5.74) is 0.595. The van der Waals surface area contributed by atoms with Gasteiger partial charge in [-0.2, -0.15) is 5.10 Å². The molecule has 0 saturated heterocycles.